The van der Waals surface area contributed by atoms with Crippen LogP contribution in [0.1, 0.15) is 18.4 Å². The smallest absolute Gasteiger partial charge is 0.135 e. The Morgan fingerprint density at radius 1 is 1.42 bits per heavy atom. The molecule has 0 aromatic carbocycles. The van der Waals surface area contributed by atoms with Gasteiger partial charge in [-0.25, -0.2) is 4.39 Å². The number of fused-ring (bicyclic) bond motifs is 2. The summed E-state index contributed by atoms with van der Waals surface area (Å²) in [7, 11) is 1.74. The summed E-state index contributed by atoms with van der Waals surface area (Å²) in [5, 5.41) is 11.2. The molecule has 7 heteroatoms. The molecule has 1 atom stereocenters. The standard InChI is InChI=1S/C19H23FN4OS/c1-25-9-2-3-13-12-24(8-7-21-13)18-14-5-10-26-19(14)23-11-15-16(20)4-6-22-17(15)18/h4-6,10-11,13,21,23H,2-3,7-9,12H2,1H3. The number of rotatable bonds is 5. The van der Waals surface area contributed by atoms with E-state index in [1.807, 2.05) is 0 Å². The molecule has 5 nitrogen and oxygen atoms in total. The van der Waals surface area contributed by atoms with Gasteiger partial charge in [-0.2, -0.15) is 0 Å². The van der Waals surface area contributed by atoms with E-state index in [4.69, 9.17) is 4.74 Å². The summed E-state index contributed by atoms with van der Waals surface area (Å²) in [6, 6.07) is 3.91. The summed E-state index contributed by atoms with van der Waals surface area (Å²) in [5.41, 5.74) is 2.12. The molecule has 2 aromatic rings. The second-order valence-corrected chi connectivity index (χ2v) is 7.50. The number of thiophene rings is 1. The number of methoxy groups -OCH3 is 1. The van der Waals surface area contributed by atoms with Crippen molar-refractivity contribution in [2.24, 2.45) is 0 Å². The maximum atomic E-state index is 14.4. The molecule has 2 aliphatic rings. The number of ether oxygens (including phenoxy) is 1. The SMILES string of the molecule is COCCCC1CN(C2=c3nccc(F)c3=CNc3sccc32)CCN1. The molecule has 2 N–H and O–H groups in total. The molecule has 1 saturated heterocycles. The van der Waals surface area contributed by atoms with E-state index in [2.05, 4.69) is 32.0 Å². The van der Waals surface area contributed by atoms with E-state index in [0.717, 1.165) is 55.3 Å². The molecule has 2 aliphatic heterocycles. The van der Waals surface area contributed by atoms with Crippen molar-refractivity contribution in [1.29, 1.82) is 0 Å². The van der Waals surface area contributed by atoms with Crippen molar-refractivity contribution in [1.82, 2.24) is 15.2 Å². The van der Waals surface area contributed by atoms with E-state index < -0.39 is 0 Å². The molecule has 1 unspecified atom stereocenters. The fraction of sp³-hybridized carbons (Fsp3) is 0.421. The predicted octanol–water partition coefficient (Wildman–Crippen LogP) is 1.30. The van der Waals surface area contributed by atoms with Crippen LogP contribution in [0.15, 0.2) is 23.7 Å². The van der Waals surface area contributed by atoms with Crippen LogP contribution in [0, 0.1) is 5.82 Å². The van der Waals surface area contributed by atoms with Crippen LogP contribution in [0.3, 0.4) is 0 Å². The number of nitrogens with zero attached hydrogens (tertiary/aromatic N) is 2. The summed E-state index contributed by atoms with van der Waals surface area (Å²) >= 11 is 1.63. The van der Waals surface area contributed by atoms with Crippen molar-refractivity contribution < 1.29 is 9.13 Å². The molecule has 2 aromatic heterocycles. The van der Waals surface area contributed by atoms with Crippen LogP contribution < -0.4 is 21.2 Å². The van der Waals surface area contributed by atoms with Gasteiger partial charge < -0.3 is 20.3 Å². The summed E-state index contributed by atoms with van der Waals surface area (Å²) < 4.78 is 19.6. The Kier molecular flexibility index (Phi) is 5.19. The van der Waals surface area contributed by atoms with Gasteiger partial charge in [0.2, 0.25) is 0 Å². The normalized spacial score (nSPS) is 19.2. The van der Waals surface area contributed by atoms with E-state index in [1.165, 1.54) is 6.07 Å². The average molecular weight is 374 g/mol. The number of nitrogens with one attached hydrogen (secondary N) is 2. The maximum Gasteiger partial charge on any atom is 0.135 e. The number of piperazine rings is 1. The molecule has 0 saturated carbocycles. The van der Waals surface area contributed by atoms with E-state index >= 15 is 0 Å². The molecule has 0 radical (unpaired) electrons. The Balaban J connectivity index is 1.75. The van der Waals surface area contributed by atoms with Gasteiger partial charge in [-0.05, 0) is 30.4 Å². The fourth-order valence-electron chi connectivity index (χ4n) is 3.66. The first-order chi connectivity index (χ1) is 12.8. The molecule has 138 valence electrons. The third-order valence-corrected chi connectivity index (χ3v) is 5.75. The molecule has 4 heterocycles. The van der Waals surface area contributed by atoms with Gasteiger partial charge in [0, 0.05) is 57.4 Å². The number of hydrogen-bond donors (Lipinski definition) is 2. The molecule has 0 amide bonds. The number of pyridine rings is 1. The Hall–Kier alpha value is -1.96. The van der Waals surface area contributed by atoms with Crippen molar-refractivity contribution in [3.63, 3.8) is 0 Å². The van der Waals surface area contributed by atoms with Crippen LogP contribution in [-0.4, -0.2) is 49.3 Å². The van der Waals surface area contributed by atoms with Crippen LogP contribution in [0.4, 0.5) is 9.39 Å². The third-order valence-electron chi connectivity index (χ3n) is 4.90. The zero-order valence-corrected chi connectivity index (χ0v) is 15.6. The van der Waals surface area contributed by atoms with Crippen molar-refractivity contribution in [3.05, 3.63) is 45.7 Å². The summed E-state index contributed by atoms with van der Waals surface area (Å²) in [5.74, 6) is -0.248. The van der Waals surface area contributed by atoms with E-state index in [-0.39, 0.29) is 5.82 Å². The van der Waals surface area contributed by atoms with Gasteiger partial charge >= 0.3 is 0 Å². The zero-order chi connectivity index (χ0) is 17.9. The van der Waals surface area contributed by atoms with E-state index in [9.17, 15) is 4.39 Å². The van der Waals surface area contributed by atoms with Gasteiger partial charge in [-0.3, -0.25) is 4.98 Å². The van der Waals surface area contributed by atoms with Crippen molar-refractivity contribution in [2.45, 2.75) is 18.9 Å². The highest BCUT2D eigenvalue weighted by atomic mass is 32.1. The minimum absolute atomic E-state index is 0.248. The first-order valence-electron chi connectivity index (χ1n) is 8.94. The Morgan fingerprint density at radius 3 is 3.23 bits per heavy atom. The fourth-order valence-corrected chi connectivity index (χ4v) is 4.42. The van der Waals surface area contributed by atoms with Crippen molar-refractivity contribution in [2.75, 3.05) is 38.7 Å². The van der Waals surface area contributed by atoms with E-state index in [1.54, 1.807) is 30.8 Å². The number of aromatic nitrogens is 1. The van der Waals surface area contributed by atoms with Crippen LogP contribution in [0.2, 0.25) is 0 Å². The van der Waals surface area contributed by atoms with Crippen LogP contribution in [0.25, 0.3) is 11.9 Å². The second-order valence-electron chi connectivity index (χ2n) is 6.59. The molecular formula is C19H23FN4OS. The number of anilines is 1. The topological polar surface area (TPSA) is 49.4 Å². The molecule has 0 bridgehead atoms. The van der Waals surface area contributed by atoms with Gasteiger partial charge in [0.1, 0.15) is 10.8 Å². The second kappa shape index (κ2) is 7.73. The lowest BCUT2D eigenvalue weighted by Gasteiger charge is -2.36. The summed E-state index contributed by atoms with van der Waals surface area (Å²) in [6.07, 6.45) is 5.37. The van der Waals surface area contributed by atoms with Crippen LogP contribution in [-0.2, 0) is 4.74 Å². The van der Waals surface area contributed by atoms with Crippen molar-refractivity contribution >= 4 is 28.2 Å². The summed E-state index contributed by atoms with van der Waals surface area (Å²) in [6.45, 7) is 3.44. The van der Waals surface area contributed by atoms with Gasteiger partial charge in [0.05, 0.1) is 16.3 Å². The molecular weight excluding hydrogens is 351 g/mol. The Morgan fingerprint density at radius 2 is 2.35 bits per heavy atom. The first-order valence-corrected chi connectivity index (χ1v) is 9.82. The van der Waals surface area contributed by atoms with Crippen LogP contribution in [0.5, 0.6) is 0 Å². The first kappa shape index (κ1) is 17.5. The lowest BCUT2D eigenvalue weighted by atomic mass is 10.1. The quantitative estimate of drug-likeness (QED) is 0.773. The minimum Gasteiger partial charge on any atom is -0.385 e. The Bertz CT molecular complexity index is 897. The highest BCUT2D eigenvalue weighted by Crippen LogP contribution is 2.31. The molecule has 0 aliphatic carbocycles. The Labute approximate surface area is 156 Å². The molecule has 1 fully saturated rings. The number of hydrogen-bond acceptors (Lipinski definition) is 6. The van der Waals surface area contributed by atoms with Gasteiger partial charge in [-0.15, -0.1) is 11.3 Å². The zero-order valence-electron chi connectivity index (χ0n) is 14.8. The molecule has 26 heavy (non-hydrogen) atoms. The van der Waals surface area contributed by atoms with Gasteiger partial charge in [0.25, 0.3) is 0 Å². The highest BCUT2D eigenvalue weighted by Gasteiger charge is 2.25. The average Bonchev–Trinajstić information content (AvgIpc) is 3.04. The van der Waals surface area contributed by atoms with Gasteiger partial charge in [0.15, 0.2) is 0 Å². The largest absolute Gasteiger partial charge is 0.385 e. The molecule has 0 spiro atoms. The lowest BCUT2D eigenvalue weighted by molar-refractivity contribution is 0.181. The van der Waals surface area contributed by atoms with Crippen molar-refractivity contribution in [3.8, 4) is 0 Å². The lowest BCUT2D eigenvalue weighted by Crippen LogP contribution is -2.52. The minimum atomic E-state index is -0.248. The third kappa shape index (κ3) is 3.34. The number of halogens is 1. The predicted molar refractivity (Wildman–Crippen MR) is 103 cm³/mol. The monoisotopic (exact) mass is 374 g/mol. The highest BCUT2D eigenvalue weighted by molar-refractivity contribution is 7.14. The maximum absolute atomic E-state index is 14.4. The van der Waals surface area contributed by atoms with E-state index in [0.29, 0.717) is 16.6 Å². The molecule has 4 rings (SSSR count). The van der Waals surface area contributed by atoms with Gasteiger partial charge in [-0.1, -0.05) is 0 Å². The summed E-state index contributed by atoms with van der Waals surface area (Å²) in [4.78, 5) is 6.90. The van der Waals surface area contributed by atoms with Crippen LogP contribution >= 0.6 is 11.3 Å².